The van der Waals surface area contributed by atoms with Crippen LogP contribution in [-0.4, -0.2) is 48.6 Å². The lowest BCUT2D eigenvalue weighted by atomic mass is 10.2. The average Bonchev–Trinajstić information content (AvgIpc) is 3.29. The van der Waals surface area contributed by atoms with Crippen LogP contribution in [0.25, 0.3) is 0 Å². The highest BCUT2D eigenvalue weighted by Crippen LogP contribution is 2.28. The molecule has 1 aromatic rings. The Labute approximate surface area is 120 Å². The van der Waals surface area contributed by atoms with Gasteiger partial charge in [0.2, 0.25) is 0 Å². The van der Waals surface area contributed by atoms with E-state index in [0.29, 0.717) is 31.6 Å². The number of ether oxygens (including phenoxy) is 1. The van der Waals surface area contributed by atoms with E-state index < -0.39 is 11.9 Å². The summed E-state index contributed by atoms with van der Waals surface area (Å²) in [7, 11) is 0. The zero-order valence-corrected chi connectivity index (χ0v) is 11.4. The normalized spacial score (nSPS) is 23.4. The van der Waals surface area contributed by atoms with Crippen molar-refractivity contribution < 1.29 is 17.9 Å². The molecule has 2 fully saturated rings. The van der Waals surface area contributed by atoms with Gasteiger partial charge in [0.15, 0.2) is 11.5 Å². The van der Waals surface area contributed by atoms with Crippen LogP contribution in [0.4, 0.5) is 19.0 Å². The smallest absolute Gasteiger partial charge is 0.377 e. The lowest BCUT2D eigenvalue weighted by Crippen LogP contribution is -2.51. The number of halogens is 3. The fourth-order valence-corrected chi connectivity index (χ4v) is 2.35. The lowest BCUT2D eigenvalue weighted by molar-refractivity contribution is -0.141. The van der Waals surface area contributed by atoms with E-state index in [1.165, 1.54) is 18.9 Å². The second-order valence-corrected chi connectivity index (χ2v) is 5.38. The molecule has 5 nitrogen and oxygen atoms in total. The van der Waals surface area contributed by atoms with Gasteiger partial charge < -0.3 is 15.0 Å². The van der Waals surface area contributed by atoms with Crippen LogP contribution in [0.3, 0.4) is 0 Å². The number of rotatable bonds is 4. The molecule has 0 aromatic carbocycles. The summed E-state index contributed by atoms with van der Waals surface area (Å²) in [6, 6.07) is 3.01. The first-order valence-electron chi connectivity index (χ1n) is 7.03. The number of nitrogens with zero attached hydrogens (tertiary/aromatic N) is 3. The maximum atomic E-state index is 12.5. The van der Waals surface area contributed by atoms with Gasteiger partial charge in [-0.3, -0.25) is 0 Å². The van der Waals surface area contributed by atoms with Gasteiger partial charge in [0.25, 0.3) is 0 Å². The Morgan fingerprint density at radius 1 is 1.29 bits per heavy atom. The zero-order chi connectivity index (χ0) is 14.9. The maximum absolute atomic E-state index is 12.5. The van der Waals surface area contributed by atoms with E-state index in [1.807, 2.05) is 4.90 Å². The Hall–Kier alpha value is -1.41. The standard InChI is InChI=1S/C13H17F3N4O/c14-13(15,16)11-3-4-12(19-18-11)20-5-6-21-8-10(20)7-17-9-1-2-9/h3-4,9-10,17H,1-2,5-8H2. The minimum Gasteiger partial charge on any atom is -0.377 e. The third-order valence-corrected chi connectivity index (χ3v) is 3.68. The zero-order valence-electron chi connectivity index (χ0n) is 11.4. The predicted octanol–water partition coefficient (Wildman–Crippen LogP) is 1.45. The van der Waals surface area contributed by atoms with Crippen molar-refractivity contribution in [3.05, 3.63) is 17.8 Å². The van der Waals surface area contributed by atoms with Gasteiger partial charge >= 0.3 is 6.18 Å². The van der Waals surface area contributed by atoms with Crippen molar-refractivity contribution >= 4 is 5.82 Å². The SMILES string of the molecule is FC(F)(F)c1ccc(N2CCOCC2CNC2CC2)nn1. The van der Waals surface area contributed by atoms with Crippen molar-refractivity contribution in [3.8, 4) is 0 Å². The molecule has 0 spiro atoms. The van der Waals surface area contributed by atoms with Crippen molar-refractivity contribution in [1.29, 1.82) is 0 Å². The summed E-state index contributed by atoms with van der Waals surface area (Å²) < 4.78 is 43.0. The minimum atomic E-state index is -4.45. The Bertz CT molecular complexity index is 475. The van der Waals surface area contributed by atoms with Gasteiger partial charge in [-0.05, 0) is 25.0 Å². The molecule has 2 heterocycles. The molecule has 116 valence electrons. The maximum Gasteiger partial charge on any atom is 0.435 e. The molecule has 0 bridgehead atoms. The van der Waals surface area contributed by atoms with Gasteiger partial charge in [0.05, 0.1) is 19.3 Å². The van der Waals surface area contributed by atoms with Gasteiger partial charge in [0.1, 0.15) is 0 Å². The number of hydrogen-bond donors (Lipinski definition) is 1. The van der Waals surface area contributed by atoms with Crippen molar-refractivity contribution in [3.63, 3.8) is 0 Å². The Kier molecular flexibility index (Phi) is 3.99. The Morgan fingerprint density at radius 3 is 2.71 bits per heavy atom. The molecule has 1 saturated heterocycles. The topological polar surface area (TPSA) is 50.3 Å². The van der Waals surface area contributed by atoms with Gasteiger partial charge in [-0.2, -0.15) is 13.2 Å². The van der Waals surface area contributed by atoms with Crippen LogP contribution in [0.1, 0.15) is 18.5 Å². The molecule has 0 amide bonds. The fourth-order valence-electron chi connectivity index (χ4n) is 2.35. The largest absolute Gasteiger partial charge is 0.435 e. The number of nitrogens with one attached hydrogen (secondary N) is 1. The summed E-state index contributed by atoms with van der Waals surface area (Å²) in [6.45, 7) is 2.44. The summed E-state index contributed by atoms with van der Waals surface area (Å²) >= 11 is 0. The van der Waals surface area contributed by atoms with E-state index >= 15 is 0 Å². The van der Waals surface area contributed by atoms with E-state index in [2.05, 4.69) is 15.5 Å². The third-order valence-electron chi connectivity index (χ3n) is 3.68. The molecule has 21 heavy (non-hydrogen) atoms. The molecular formula is C13H17F3N4O. The number of aromatic nitrogens is 2. The summed E-state index contributed by atoms with van der Waals surface area (Å²) in [6.07, 6.45) is -2.08. The summed E-state index contributed by atoms with van der Waals surface area (Å²) in [4.78, 5) is 1.96. The lowest BCUT2D eigenvalue weighted by Gasteiger charge is -2.36. The Morgan fingerprint density at radius 2 is 2.10 bits per heavy atom. The van der Waals surface area contributed by atoms with E-state index in [4.69, 9.17) is 4.74 Å². The third kappa shape index (κ3) is 3.62. The molecule has 1 aromatic heterocycles. The number of alkyl halides is 3. The first-order valence-corrected chi connectivity index (χ1v) is 7.03. The van der Waals surface area contributed by atoms with Crippen molar-refractivity contribution in [2.45, 2.75) is 31.1 Å². The monoisotopic (exact) mass is 302 g/mol. The first-order chi connectivity index (χ1) is 10.0. The molecule has 1 N–H and O–H groups in total. The summed E-state index contributed by atoms with van der Waals surface area (Å²) in [5, 5.41) is 10.4. The molecule has 3 rings (SSSR count). The second-order valence-electron chi connectivity index (χ2n) is 5.38. The quantitative estimate of drug-likeness (QED) is 0.912. The number of anilines is 1. The highest BCUT2D eigenvalue weighted by molar-refractivity contribution is 5.39. The molecule has 2 aliphatic rings. The van der Waals surface area contributed by atoms with Gasteiger partial charge in [-0.15, -0.1) is 10.2 Å². The molecule has 0 radical (unpaired) electrons. The number of hydrogen-bond acceptors (Lipinski definition) is 5. The van der Waals surface area contributed by atoms with Crippen LogP contribution in [0.2, 0.25) is 0 Å². The second kappa shape index (κ2) is 5.76. The summed E-state index contributed by atoms with van der Waals surface area (Å²) in [5.74, 6) is 0.467. The van der Waals surface area contributed by atoms with E-state index in [1.54, 1.807) is 0 Å². The van der Waals surface area contributed by atoms with E-state index in [-0.39, 0.29) is 6.04 Å². The molecule has 8 heteroatoms. The van der Waals surface area contributed by atoms with Crippen molar-refractivity contribution in [2.24, 2.45) is 0 Å². The molecular weight excluding hydrogens is 285 g/mol. The van der Waals surface area contributed by atoms with E-state index in [9.17, 15) is 13.2 Å². The summed E-state index contributed by atoms with van der Waals surface area (Å²) in [5.41, 5.74) is -0.966. The molecule has 1 saturated carbocycles. The predicted molar refractivity (Wildman–Crippen MR) is 70.0 cm³/mol. The molecule has 1 unspecified atom stereocenters. The highest BCUT2D eigenvalue weighted by Gasteiger charge is 2.34. The van der Waals surface area contributed by atoms with Crippen LogP contribution >= 0.6 is 0 Å². The van der Waals surface area contributed by atoms with Crippen molar-refractivity contribution in [1.82, 2.24) is 15.5 Å². The van der Waals surface area contributed by atoms with Crippen LogP contribution in [0.15, 0.2) is 12.1 Å². The van der Waals surface area contributed by atoms with E-state index in [0.717, 1.165) is 12.6 Å². The molecule has 1 aliphatic heterocycles. The molecule has 1 aliphatic carbocycles. The average molecular weight is 302 g/mol. The number of morpholine rings is 1. The molecule has 1 atom stereocenters. The van der Waals surface area contributed by atoms with Crippen molar-refractivity contribution in [2.75, 3.05) is 31.2 Å². The van der Waals surface area contributed by atoms with Crippen LogP contribution in [0.5, 0.6) is 0 Å². The minimum absolute atomic E-state index is 0.0744. The van der Waals surface area contributed by atoms with Crippen LogP contribution in [0, 0.1) is 0 Å². The van der Waals surface area contributed by atoms with Gasteiger partial charge in [-0.25, -0.2) is 0 Å². The van der Waals surface area contributed by atoms with Crippen LogP contribution in [-0.2, 0) is 10.9 Å². The Balaban J connectivity index is 1.69. The van der Waals surface area contributed by atoms with Crippen LogP contribution < -0.4 is 10.2 Å². The first kappa shape index (κ1) is 14.5. The highest BCUT2D eigenvalue weighted by atomic mass is 19.4. The van der Waals surface area contributed by atoms with Gasteiger partial charge in [-0.1, -0.05) is 0 Å². The fraction of sp³-hybridized carbons (Fsp3) is 0.692. The van der Waals surface area contributed by atoms with Gasteiger partial charge in [0, 0.05) is 19.1 Å².